The van der Waals surface area contributed by atoms with E-state index in [-0.39, 0.29) is 12.6 Å². The number of aliphatic hydroxyl groups is 1. The summed E-state index contributed by atoms with van der Waals surface area (Å²) < 4.78 is 0. The number of rotatable bonds is 10. The third kappa shape index (κ3) is 5.94. The molecule has 0 spiro atoms. The zero-order valence-electron chi connectivity index (χ0n) is 18.4. The van der Waals surface area contributed by atoms with Crippen molar-refractivity contribution < 1.29 is 5.11 Å². The molecule has 0 amide bonds. The molecule has 2 atom stereocenters. The smallest absolute Gasteiger partial charge is 0.0628 e. The largest absolute Gasteiger partial charge is 0.394 e. The van der Waals surface area contributed by atoms with Gasteiger partial charge in [0.1, 0.15) is 0 Å². The van der Waals surface area contributed by atoms with Crippen LogP contribution in [0.2, 0.25) is 0 Å². The predicted octanol–water partition coefficient (Wildman–Crippen LogP) is 6.25. The Morgan fingerprint density at radius 3 is 1.56 bits per heavy atom. The molecule has 0 unspecified atom stereocenters. The van der Waals surface area contributed by atoms with Crippen LogP contribution in [0.1, 0.15) is 34.2 Å². The van der Waals surface area contributed by atoms with Crippen molar-refractivity contribution >= 4 is 0 Å². The van der Waals surface area contributed by atoms with E-state index in [9.17, 15) is 5.11 Å². The van der Waals surface area contributed by atoms with Gasteiger partial charge in [-0.25, -0.2) is 0 Å². The zero-order chi connectivity index (χ0) is 22.0. The molecule has 162 valence electrons. The van der Waals surface area contributed by atoms with Crippen LogP contribution in [-0.2, 0) is 13.0 Å². The van der Waals surface area contributed by atoms with Gasteiger partial charge in [-0.3, -0.25) is 4.90 Å². The summed E-state index contributed by atoms with van der Waals surface area (Å²) in [5, 5.41) is 10.5. The van der Waals surface area contributed by atoms with Gasteiger partial charge in [-0.05, 0) is 28.7 Å². The molecule has 0 radical (unpaired) electrons. The number of benzene rings is 4. The Bertz CT molecular complexity index is 1040. The Hall–Kier alpha value is -3.20. The highest BCUT2D eigenvalue weighted by Gasteiger charge is 2.24. The lowest BCUT2D eigenvalue weighted by Crippen LogP contribution is -2.35. The summed E-state index contributed by atoms with van der Waals surface area (Å²) in [7, 11) is 0. The Morgan fingerprint density at radius 2 is 1.03 bits per heavy atom. The molecule has 0 saturated carbocycles. The molecular formula is C30H31NO. The molecule has 4 aromatic rings. The van der Waals surface area contributed by atoms with Gasteiger partial charge in [-0.2, -0.15) is 0 Å². The van der Waals surface area contributed by atoms with Gasteiger partial charge in [-0.1, -0.05) is 121 Å². The van der Waals surface area contributed by atoms with Crippen LogP contribution >= 0.6 is 0 Å². The number of hydrogen-bond donors (Lipinski definition) is 1. The van der Waals surface area contributed by atoms with E-state index in [2.05, 4.69) is 120 Å². The minimum atomic E-state index is -0.0570. The van der Waals surface area contributed by atoms with Crippen molar-refractivity contribution in [1.29, 1.82) is 0 Å². The topological polar surface area (TPSA) is 23.5 Å². The minimum absolute atomic E-state index is 0.0570. The molecule has 4 aromatic carbocycles. The van der Waals surface area contributed by atoms with Crippen LogP contribution in [0.3, 0.4) is 0 Å². The average molecular weight is 422 g/mol. The molecule has 0 bridgehead atoms. The first-order valence-corrected chi connectivity index (χ1v) is 11.4. The van der Waals surface area contributed by atoms with E-state index in [1.807, 2.05) is 6.07 Å². The van der Waals surface area contributed by atoms with Crippen molar-refractivity contribution in [2.75, 3.05) is 13.2 Å². The van der Waals surface area contributed by atoms with Gasteiger partial charge in [0.15, 0.2) is 0 Å². The molecule has 0 saturated heterocycles. The third-order valence-corrected chi connectivity index (χ3v) is 6.08. The normalized spacial score (nSPS) is 13.1. The summed E-state index contributed by atoms with van der Waals surface area (Å²) in [5.74, 6) is 0.320. The molecule has 0 aliphatic heterocycles. The molecule has 0 heterocycles. The van der Waals surface area contributed by atoms with Crippen LogP contribution in [0.5, 0.6) is 0 Å². The van der Waals surface area contributed by atoms with E-state index >= 15 is 0 Å². The maximum absolute atomic E-state index is 10.5. The first-order valence-electron chi connectivity index (χ1n) is 11.4. The second-order valence-corrected chi connectivity index (χ2v) is 8.32. The highest BCUT2D eigenvalue weighted by atomic mass is 16.3. The van der Waals surface area contributed by atoms with Gasteiger partial charge in [0.2, 0.25) is 0 Å². The second kappa shape index (κ2) is 11.4. The predicted molar refractivity (Wildman–Crippen MR) is 132 cm³/mol. The number of hydrogen-bond acceptors (Lipinski definition) is 2. The summed E-state index contributed by atoms with van der Waals surface area (Å²) in [5.41, 5.74) is 5.08. The molecule has 4 rings (SSSR count). The fourth-order valence-electron chi connectivity index (χ4n) is 4.42. The molecule has 0 aliphatic carbocycles. The highest BCUT2D eigenvalue weighted by molar-refractivity contribution is 5.26. The van der Waals surface area contributed by atoms with Gasteiger partial charge in [0.05, 0.1) is 12.6 Å². The summed E-state index contributed by atoms with van der Waals surface area (Å²) in [6.45, 7) is 1.73. The number of aliphatic hydroxyl groups excluding tert-OH is 1. The van der Waals surface area contributed by atoms with Gasteiger partial charge in [-0.15, -0.1) is 0 Å². The molecule has 1 N–H and O–H groups in total. The van der Waals surface area contributed by atoms with Crippen molar-refractivity contribution in [3.8, 4) is 0 Å². The van der Waals surface area contributed by atoms with Crippen LogP contribution in [0, 0.1) is 0 Å². The summed E-state index contributed by atoms with van der Waals surface area (Å²) in [4.78, 5) is 2.44. The van der Waals surface area contributed by atoms with E-state index in [4.69, 9.17) is 0 Å². The molecule has 32 heavy (non-hydrogen) atoms. The molecule has 2 nitrogen and oxygen atoms in total. The fraction of sp³-hybridized carbons (Fsp3) is 0.200. The minimum Gasteiger partial charge on any atom is -0.394 e. The maximum Gasteiger partial charge on any atom is 0.0628 e. The second-order valence-electron chi connectivity index (χ2n) is 8.32. The first-order chi connectivity index (χ1) is 15.8. The van der Waals surface area contributed by atoms with Crippen LogP contribution in [-0.4, -0.2) is 23.2 Å². The Balaban J connectivity index is 1.67. The highest BCUT2D eigenvalue weighted by Crippen LogP contribution is 2.29. The quantitative estimate of drug-likeness (QED) is 0.327. The fourth-order valence-corrected chi connectivity index (χ4v) is 4.42. The molecular weight excluding hydrogens is 390 g/mol. The molecule has 0 aromatic heterocycles. The number of nitrogens with zero attached hydrogens (tertiary/aromatic N) is 1. The monoisotopic (exact) mass is 421 g/mol. The maximum atomic E-state index is 10.5. The zero-order valence-corrected chi connectivity index (χ0v) is 18.4. The van der Waals surface area contributed by atoms with E-state index < -0.39 is 0 Å². The lowest BCUT2D eigenvalue weighted by atomic mass is 9.90. The van der Waals surface area contributed by atoms with Crippen LogP contribution in [0.25, 0.3) is 0 Å². The van der Waals surface area contributed by atoms with Crippen molar-refractivity contribution in [3.05, 3.63) is 144 Å². The van der Waals surface area contributed by atoms with Gasteiger partial charge in [0.25, 0.3) is 0 Å². The molecule has 2 heteroatoms. The Labute approximate surface area is 191 Å². The van der Waals surface area contributed by atoms with Crippen molar-refractivity contribution in [1.82, 2.24) is 4.90 Å². The van der Waals surface area contributed by atoms with Gasteiger partial charge >= 0.3 is 0 Å². The Kier molecular flexibility index (Phi) is 7.86. The van der Waals surface area contributed by atoms with E-state index in [1.54, 1.807) is 0 Å². The van der Waals surface area contributed by atoms with E-state index in [0.29, 0.717) is 5.92 Å². The van der Waals surface area contributed by atoms with E-state index in [0.717, 1.165) is 25.1 Å². The van der Waals surface area contributed by atoms with Crippen LogP contribution in [0.15, 0.2) is 121 Å². The van der Waals surface area contributed by atoms with Gasteiger partial charge in [0, 0.05) is 19.0 Å². The van der Waals surface area contributed by atoms with Crippen LogP contribution < -0.4 is 0 Å². The van der Waals surface area contributed by atoms with Gasteiger partial charge < -0.3 is 5.11 Å². The van der Waals surface area contributed by atoms with Crippen LogP contribution in [0.4, 0.5) is 0 Å². The lowest BCUT2D eigenvalue weighted by Gasteiger charge is -2.34. The van der Waals surface area contributed by atoms with Crippen molar-refractivity contribution in [3.63, 3.8) is 0 Å². The first kappa shape index (κ1) is 22.0. The third-order valence-electron chi connectivity index (χ3n) is 6.08. The summed E-state index contributed by atoms with van der Waals surface area (Å²) in [6, 6.07) is 42.3. The standard InChI is InChI=1S/C30H31NO/c32-24-30(28-19-11-4-12-20-28)31(22-26-15-7-2-8-16-26)23-29(27-17-9-3-10-18-27)21-25-13-5-1-6-14-25/h1-20,29-30,32H,21-24H2/t29-,30+/m1/s1. The average Bonchev–Trinajstić information content (AvgIpc) is 2.86. The van der Waals surface area contributed by atoms with Crippen molar-refractivity contribution in [2.24, 2.45) is 0 Å². The van der Waals surface area contributed by atoms with Crippen molar-refractivity contribution in [2.45, 2.75) is 24.9 Å². The molecule has 0 aliphatic rings. The summed E-state index contributed by atoms with van der Waals surface area (Å²) in [6.07, 6.45) is 0.961. The Morgan fingerprint density at radius 1 is 0.562 bits per heavy atom. The lowest BCUT2D eigenvalue weighted by molar-refractivity contribution is 0.109. The SMILES string of the molecule is OC[C@@H](c1ccccc1)N(Cc1ccccc1)C[C@@H](Cc1ccccc1)c1ccccc1. The molecule has 0 fully saturated rings. The van der Waals surface area contributed by atoms with E-state index in [1.165, 1.54) is 16.7 Å². The summed E-state index contributed by atoms with van der Waals surface area (Å²) >= 11 is 0.